The van der Waals surface area contributed by atoms with E-state index in [9.17, 15) is 4.79 Å². The van der Waals surface area contributed by atoms with Crippen molar-refractivity contribution in [3.63, 3.8) is 0 Å². The van der Waals surface area contributed by atoms with Crippen molar-refractivity contribution in [3.8, 4) is 0 Å². The van der Waals surface area contributed by atoms with Crippen LogP contribution in [-0.4, -0.2) is 17.1 Å². The van der Waals surface area contributed by atoms with Gasteiger partial charge in [0.2, 0.25) is 6.33 Å². The zero-order valence-electron chi connectivity index (χ0n) is 9.76. The molecule has 0 bridgehead atoms. The standard InChI is InChI=1S/C12H19N2O2/c1-3-5-6-13-7-8-14(11-13)9-10-16-12(15)4-2/h4,7-8,11H,2-3,5-6,9-10H2,1H3/q+1. The lowest BCUT2D eigenvalue weighted by Crippen LogP contribution is -2.30. The fraction of sp³-hybridized carbons (Fsp3) is 0.500. The van der Waals surface area contributed by atoms with Gasteiger partial charge in [-0.15, -0.1) is 0 Å². The molecule has 1 aromatic rings. The smallest absolute Gasteiger partial charge is 0.330 e. The van der Waals surface area contributed by atoms with Gasteiger partial charge in [-0.3, -0.25) is 0 Å². The number of carbonyl (C=O) groups is 1. The molecule has 0 N–H and O–H groups in total. The van der Waals surface area contributed by atoms with Crippen molar-refractivity contribution in [1.29, 1.82) is 0 Å². The van der Waals surface area contributed by atoms with Gasteiger partial charge in [0.15, 0.2) is 0 Å². The van der Waals surface area contributed by atoms with Gasteiger partial charge in [0.25, 0.3) is 0 Å². The zero-order chi connectivity index (χ0) is 11.8. The lowest BCUT2D eigenvalue weighted by atomic mass is 10.3. The summed E-state index contributed by atoms with van der Waals surface area (Å²) in [5.41, 5.74) is 0. The predicted octanol–water partition coefficient (Wildman–Crippen LogP) is 1.30. The van der Waals surface area contributed by atoms with Gasteiger partial charge in [-0.2, -0.15) is 0 Å². The fourth-order valence-electron chi connectivity index (χ4n) is 1.35. The number of rotatable bonds is 7. The highest BCUT2D eigenvalue weighted by atomic mass is 16.5. The van der Waals surface area contributed by atoms with E-state index in [2.05, 4.69) is 18.1 Å². The van der Waals surface area contributed by atoms with Crippen LogP contribution in [0.3, 0.4) is 0 Å². The Bertz CT molecular complexity index is 345. The number of hydrogen-bond acceptors (Lipinski definition) is 2. The third-order valence-electron chi connectivity index (χ3n) is 2.28. The van der Waals surface area contributed by atoms with E-state index < -0.39 is 0 Å². The summed E-state index contributed by atoms with van der Waals surface area (Å²) in [6.07, 6.45) is 9.59. The molecule has 0 aromatic carbocycles. The van der Waals surface area contributed by atoms with Crippen LogP contribution in [0.2, 0.25) is 0 Å². The average Bonchev–Trinajstić information content (AvgIpc) is 2.74. The zero-order valence-corrected chi connectivity index (χ0v) is 9.76. The molecule has 0 aliphatic carbocycles. The Morgan fingerprint density at radius 2 is 2.44 bits per heavy atom. The van der Waals surface area contributed by atoms with E-state index >= 15 is 0 Å². The van der Waals surface area contributed by atoms with E-state index in [1.54, 1.807) is 0 Å². The van der Waals surface area contributed by atoms with E-state index in [1.807, 2.05) is 23.3 Å². The minimum Gasteiger partial charge on any atom is -0.458 e. The molecule has 0 amide bonds. The van der Waals surface area contributed by atoms with Crippen LogP contribution in [0.25, 0.3) is 0 Å². The topological polar surface area (TPSA) is 35.1 Å². The second-order valence-electron chi connectivity index (χ2n) is 3.61. The maximum Gasteiger partial charge on any atom is 0.330 e. The number of unbranched alkanes of at least 4 members (excludes halogenated alkanes) is 1. The molecule has 0 atom stereocenters. The first kappa shape index (κ1) is 12.5. The van der Waals surface area contributed by atoms with Crippen LogP contribution >= 0.6 is 0 Å². The average molecular weight is 223 g/mol. The van der Waals surface area contributed by atoms with Gasteiger partial charge >= 0.3 is 5.97 Å². The maximum absolute atomic E-state index is 10.8. The van der Waals surface area contributed by atoms with Crippen molar-refractivity contribution in [1.82, 2.24) is 4.57 Å². The number of aromatic nitrogens is 2. The molecule has 0 aliphatic heterocycles. The van der Waals surface area contributed by atoms with Gasteiger partial charge in [0.1, 0.15) is 25.5 Å². The van der Waals surface area contributed by atoms with Crippen LogP contribution in [-0.2, 0) is 22.6 Å². The second-order valence-corrected chi connectivity index (χ2v) is 3.61. The molecule has 16 heavy (non-hydrogen) atoms. The summed E-state index contributed by atoms with van der Waals surface area (Å²) in [4.78, 5) is 10.8. The van der Waals surface area contributed by atoms with Gasteiger partial charge in [0.05, 0.1) is 6.54 Å². The molecule has 0 saturated carbocycles. The van der Waals surface area contributed by atoms with Crippen molar-refractivity contribution in [2.45, 2.75) is 32.9 Å². The summed E-state index contributed by atoms with van der Waals surface area (Å²) in [5, 5.41) is 0. The second kappa shape index (κ2) is 6.82. The predicted molar refractivity (Wildman–Crippen MR) is 60.7 cm³/mol. The van der Waals surface area contributed by atoms with Crippen LogP contribution in [0, 0.1) is 0 Å². The molecular weight excluding hydrogens is 204 g/mol. The normalized spacial score (nSPS) is 10.1. The van der Waals surface area contributed by atoms with E-state index in [1.165, 1.54) is 18.9 Å². The Morgan fingerprint density at radius 1 is 1.62 bits per heavy atom. The van der Waals surface area contributed by atoms with Crippen molar-refractivity contribution in [3.05, 3.63) is 31.4 Å². The number of nitrogens with zero attached hydrogens (tertiary/aromatic N) is 2. The highest BCUT2D eigenvalue weighted by molar-refractivity contribution is 5.81. The Hall–Kier alpha value is -1.58. The van der Waals surface area contributed by atoms with Gasteiger partial charge < -0.3 is 4.74 Å². The molecule has 0 unspecified atom stereocenters. The number of hydrogen-bond donors (Lipinski definition) is 0. The Morgan fingerprint density at radius 3 is 3.12 bits per heavy atom. The molecule has 0 aliphatic rings. The van der Waals surface area contributed by atoms with Crippen molar-refractivity contribution in [2.24, 2.45) is 0 Å². The van der Waals surface area contributed by atoms with Crippen molar-refractivity contribution in [2.75, 3.05) is 6.61 Å². The van der Waals surface area contributed by atoms with Crippen LogP contribution < -0.4 is 4.57 Å². The van der Waals surface area contributed by atoms with Gasteiger partial charge in [-0.25, -0.2) is 13.9 Å². The molecule has 1 heterocycles. The van der Waals surface area contributed by atoms with Gasteiger partial charge in [0, 0.05) is 6.08 Å². The Kier molecular flexibility index (Phi) is 5.32. The summed E-state index contributed by atoms with van der Waals surface area (Å²) < 4.78 is 9.04. The lowest BCUT2D eigenvalue weighted by Gasteiger charge is -1.98. The van der Waals surface area contributed by atoms with Crippen LogP contribution in [0.5, 0.6) is 0 Å². The minimum atomic E-state index is -0.369. The highest BCUT2D eigenvalue weighted by Gasteiger charge is 2.03. The van der Waals surface area contributed by atoms with Crippen LogP contribution in [0.4, 0.5) is 0 Å². The minimum absolute atomic E-state index is 0.369. The van der Waals surface area contributed by atoms with Crippen LogP contribution in [0.1, 0.15) is 19.8 Å². The Balaban J connectivity index is 2.29. The van der Waals surface area contributed by atoms with Gasteiger partial charge in [-0.1, -0.05) is 19.9 Å². The summed E-state index contributed by atoms with van der Waals surface area (Å²) in [7, 11) is 0. The first-order chi connectivity index (χ1) is 7.76. The number of carbonyl (C=O) groups excluding carboxylic acids is 1. The third kappa shape index (κ3) is 4.29. The first-order valence-electron chi connectivity index (χ1n) is 5.60. The van der Waals surface area contributed by atoms with Crippen molar-refractivity contribution < 1.29 is 14.1 Å². The number of esters is 1. The number of ether oxygens (including phenoxy) is 1. The van der Waals surface area contributed by atoms with E-state index in [0.29, 0.717) is 13.2 Å². The monoisotopic (exact) mass is 223 g/mol. The van der Waals surface area contributed by atoms with E-state index in [4.69, 9.17) is 4.74 Å². The molecule has 0 radical (unpaired) electrons. The summed E-state index contributed by atoms with van der Waals surface area (Å²) in [6.45, 7) is 7.61. The van der Waals surface area contributed by atoms with Crippen LogP contribution in [0.15, 0.2) is 31.4 Å². The third-order valence-corrected chi connectivity index (χ3v) is 2.28. The Labute approximate surface area is 96.2 Å². The highest BCUT2D eigenvalue weighted by Crippen LogP contribution is 1.90. The van der Waals surface area contributed by atoms with Gasteiger partial charge in [-0.05, 0) is 6.42 Å². The summed E-state index contributed by atoms with van der Waals surface area (Å²) in [6, 6.07) is 0. The first-order valence-corrected chi connectivity index (χ1v) is 5.60. The molecule has 1 aromatic heterocycles. The molecule has 88 valence electrons. The SMILES string of the molecule is C=CC(=O)OCCn1cc[n+](CCCC)c1. The number of aryl methyl sites for hydroxylation is 1. The molecule has 0 saturated heterocycles. The molecule has 1 rings (SSSR count). The molecular formula is C12H19N2O2+. The molecule has 4 nitrogen and oxygen atoms in total. The number of imidazole rings is 1. The van der Waals surface area contributed by atoms with E-state index in [0.717, 1.165) is 6.54 Å². The van der Waals surface area contributed by atoms with E-state index in [-0.39, 0.29) is 5.97 Å². The molecule has 4 heteroatoms. The molecule has 0 fully saturated rings. The summed E-state index contributed by atoms with van der Waals surface area (Å²) >= 11 is 0. The molecule has 0 spiro atoms. The fourth-order valence-corrected chi connectivity index (χ4v) is 1.35. The quantitative estimate of drug-likeness (QED) is 0.397. The largest absolute Gasteiger partial charge is 0.458 e. The summed E-state index contributed by atoms with van der Waals surface area (Å²) in [5.74, 6) is -0.369. The lowest BCUT2D eigenvalue weighted by molar-refractivity contribution is -0.696. The van der Waals surface area contributed by atoms with Crippen molar-refractivity contribution >= 4 is 5.97 Å². The maximum atomic E-state index is 10.8.